The van der Waals surface area contributed by atoms with Crippen LogP contribution in [0.5, 0.6) is 5.75 Å². The number of carbonyl (C=O) groups is 2. The standard InChI is InChI=1S/C32H32N4O3/c1-39-26-9-7-25(8-10-26)33-32(38)22-6-11-27-28(17-22)35-30(34-27)20-2-4-21(5-3-20)31(37)36-29-23-13-18-12-19(15-23)16-24(29)14-18/h2-11,17-19,23-24,29H,12-16H2,1H3,(H,33,38)(H,34,35)(H,36,37). The van der Waals surface area contributed by atoms with Gasteiger partial charge in [-0.1, -0.05) is 12.1 Å². The van der Waals surface area contributed by atoms with Crippen molar-refractivity contribution in [3.8, 4) is 17.1 Å². The molecule has 198 valence electrons. The van der Waals surface area contributed by atoms with Gasteiger partial charge < -0.3 is 20.4 Å². The molecule has 7 heteroatoms. The van der Waals surface area contributed by atoms with Crippen molar-refractivity contribution in [1.82, 2.24) is 15.3 Å². The Balaban J connectivity index is 1.03. The number of ether oxygens (including phenoxy) is 1. The van der Waals surface area contributed by atoms with Crippen LogP contribution in [0.4, 0.5) is 5.69 Å². The molecule has 39 heavy (non-hydrogen) atoms. The Kier molecular flexibility index (Phi) is 5.87. The highest BCUT2D eigenvalue weighted by atomic mass is 16.5. The maximum atomic E-state index is 13.1. The first-order valence-electron chi connectivity index (χ1n) is 13.9. The van der Waals surface area contributed by atoms with E-state index >= 15 is 0 Å². The van der Waals surface area contributed by atoms with Crippen LogP contribution in [0.25, 0.3) is 22.4 Å². The molecule has 0 spiro atoms. The molecule has 1 aromatic heterocycles. The van der Waals surface area contributed by atoms with Crippen LogP contribution in [0.15, 0.2) is 66.7 Å². The molecule has 7 nitrogen and oxygen atoms in total. The van der Waals surface area contributed by atoms with Crippen LogP contribution < -0.4 is 15.4 Å². The van der Waals surface area contributed by atoms with Gasteiger partial charge in [0, 0.05) is 28.4 Å². The van der Waals surface area contributed by atoms with Crippen molar-refractivity contribution >= 4 is 28.5 Å². The number of fused-ring (bicyclic) bond motifs is 1. The Morgan fingerprint density at radius 3 is 2.15 bits per heavy atom. The molecule has 0 radical (unpaired) electrons. The van der Waals surface area contributed by atoms with E-state index in [1.807, 2.05) is 30.3 Å². The maximum Gasteiger partial charge on any atom is 0.255 e. The largest absolute Gasteiger partial charge is 0.497 e. The fourth-order valence-corrected chi connectivity index (χ4v) is 7.34. The summed E-state index contributed by atoms with van der Waals surface area (Å²) in [6, 6.07) is 20.6. The third-order valence-corrected chi connectivity index (χ3v) is 9.04. The van der Waals surface area contributed by atoms with E-state index < -0.39 is 0 Å². The van der Waals surface area contributed by atoms with Gasteiger partial charge in [0.2, 0.25) is 0 Å². The van der Waals surface area contributed by atoms with Crippen LogP contribution >= 0.6 is 0 Å². The third kappa shape index (κ3) is 4.56. The van der Waals surface area contributed by atoms with Gasteiger partial charge in [-0.15, -0.1) is 0 Å². The number of amides is 2. The number of H-pyrrole nitrogens is 1. The smallest absolute Gasteiger partial charge is 0.255 e. The summed E-state index contributed by atoms with van der Waals surface area (Å²) >= 11 is 0. The highest BCUT2D eigenvalue weighted by molar-refractivity contribution is 6.06. The molecule has 0 atom stereocenters. The summed E-state index contributed by atoms with van der Waals surface area (Å²) in [6.45, 7) is 0. The second kappa shape index (κ2) is 9.56. The van der Waals surface area contributed by atoms with Gasteiger partial charge in [-0.2, -0.15) is 0 Å². The lowest BCUT2D eigenvalue weighted by molar-refractivity contribution is -0.0119. The molecule has 4 bridgehead atoms. The highest BCUT2D eigenvalue weighted by Gasteiger charge is 2.48. The average molecular weight is 521 g/mol. The molecular formula is C32H32N4O3. The topological polar surface area (TPSA) is 96.1 Å². The minimum Gasteiger partial charge on any atom is -0.497 e. The van der Waals surface area contributed by atoms with Crippen molar-refractivity contribution < 1.29 is 14.3 Å². The Morgan fingerprint density at radius 1 is 0.821 bits per heavy atom. The van der Waals surface area contributed by atoms with E-state index in [9.17, 15) is 9.59 Å². The minimum absolute atomic E-state index is 0.0242. The lowest BCUT2D eigenvalue weighted by Crippen LogP contribution is -2.55. The summed E-state index contributed by atoms with van der Waals surface area (Å²) in [5, 5.41) is 6.30. The third-order valence-electron chi connectivity index (χ3n) is 9.04. The molecule has 4 fully saturated rings. The van der Waals surface area contributed by atoms with E-state index in [4.69, 9.17) is 9.72 Å². The van der Waals surface area contributed by atoms with Crippen LogP contribution in [0.3, 0.4) is 0 Å². The van der Waals surface area contributed by atoms with E-state index in [0.717, 1.165) is 34.2 Å². The number of rotatable bonds is 6. The minimum atomic E-state index is -0.201. The quantitative estimate of drug-likeness (QED) is 0.289. The van der Waals surface area contributed by atoms with Crippen molar-refractivity contribution in [2.45, 2.75) is 38.1 Å². The van der Waals surface area contributed by atoms with Crippen LogP contribution in [-0.2, 0) is 0 Å². The first kappa shape index (κ1) is 23.9. The van der Waals surface area contributed by atoms with Gasteiger partial charge in [0.1, 0.15) is 11.6 Å². The molecular weight excluding hydrogens is 488 g/mol. The van der Waals surface area contributed by atoms with Gasteiger partial charge in [-0.25, -0.2) is 4.98 Å². The Labute approximate surface area is 227 Å². The lowest BCUT2D eigenvalue weighted by Gasteiger charge is -2.54. The lowest BCUT2D eigenvalue weighted by atomic mass is 9.54. The molecule has 3 N–H and O–H groups in total. The van der Waals surface area contributed by atoms with Gasteiger partial charge in [0.25, 0.3) is 11.8 Å². The van der Waals surface area contributed by atoms with E-state index in [1.165, 1.54) is 32.1 Å². The summed E-state index contributed by atoms with van der Waals surface area (Å²) in [5.41, 5.74) is 4.34. The fourth-order valence-electron chi connectivity index (χ4n) is 7.34. The van der Waals surface area contributed by atoms with Crippen LogP contribution in [0.2, 0.25) is 0 Å². The van der Waals surface area contributed by atoms with E-state index in [1.54, 1.807) is 43.5 Å². The van der Waals surface area contributed by atoms with E-state index in [0.29, 0.717) is 40.5 Å². The molecule has 4 aliphatic carbocycles. The van der Waals surface area contributed by atoms with Crippen LogP contribution in [0.1, 0.15) is 52.8 Å². The number of nitrogens with zero attached hydrogens (tertiary/aromatic N) is 1. The fraction of sp³-hybridized carbons (Fsp3) is 0.344. The molecule has 0 unspecified atom stereocenters. The molecule has 0 aliphatic heterocycles. The summed E-state index contributed by atoms with van der Waals surface area (Å²) in [4.78, 5) is 33.9. The summed E-state index contributed by atoms with van der Waals surface area (Å²) in [6.07, 6.45) is 6.55. The Bertz CT molecular complexity index is 1510. The van der Waals surface area contributed by atoms with Crippen LogP contribution in [-0.4, -0.2) is 34.9 Å². The number of nitrogens with one attached hydrogen (secondary N) is 3. The molecule has 2 amide bonds. The summed E-state index contributed by atoms with van der Waals surface area (Å²) < 4.78 is 5.17. The number of methoxy groups -OCH3 is 1. The highest BCUT2D eigenvalue weighted by Crippen LogP contribution is 2.53. The molecule has 4 saturated carbocycles. The first-order chi connectivity index (χ1) is 19.0. The number of imidazole rings is 1. The molecule has 4 aliphatic rings. The van der Waals surface area contributed by atoms with E-state index in [-0.39, 0.29) is 11.8 Å². The molecule has 3 aromatic carbocycles. The number of aromatic amines is 1. The number of benzene rings is 3. The second-order valence-corrected chi connectivity index (χ2v) is 11.5. The van der Waals surface area contributed by atoms with Crippen LogP contribution in [0, 0.1) is 23.7 Å². The summed E-state index contributed by atoms with van der Waals surface area (Å²) in [7, 11) is 1.61. The van der Waals surface area contributed by atoms with E-state index in [2.05, 4.69) is 15.6 Å². The van der Waals surface area contributed by atoms with Gasteiger partial charge in [-0.05, 0) is 110 Å². The Morgan fingerprint density at radius 2 is 1.49 bits per heavy atom. The van der Waals surface area contributed by atoms with Crippen molar-refractivity contribution in [2.24, 2.45) is 23.7 Å². The van der Waals surface area contributed by atoms with Gasteiger partial charge >= 0.3 is 0 Å². The van der Waals surface area contributed by atoms with Crippen molar-refractivity contribution in [3.63, 3.8) is 0 Å². The monoisotopic (exact) mass is 520 g/mol. The normalized spacial score (nSPS) is 25.0. The second-order valence-electron chi connectivity index (χ2n) is 11.5. The SMILES string of the molecule is COc1ccc(NC(=O)c2ccc3nc(-c4ccc(C(=O)NC5C6CC7CC(C6)CC5C7)cc4)[nH]c3c2)cc1. The zero-order valence-corrected chi connectivity index (χ0v) is 21.9. The van der Waals surface area contributed by atoms with Gasteiger partial charge in [0.05, 0.1) is 18.1 Å². The molecule has 4 aromatic rings. The van der Waals surface area contributed by atoms with Crippen molar-refractivity contribution in [3.05, 3.63) is 77.9 Å². The van der Waals surface area contributed by atoms with Crippen molar-refractivity contribution in [1.29, 1.82) is 0 Å². The van der Waals surface area contributed by atoms with Gasteiger partial charge in [0.15, 0.2) is 0 Å². The predicted molar refractivity (Wildman–Crippen MR) is 151 cm³/mol. The average Bonchev–Trinajstić information content (AvgIpc) is 3.38. The Hall–Kier alpha value is -4.13. The molecule has 8 rings (SSSR count). The maximum absolute atomic E-state index is 13.1. The molecule has 0 saturated heterocycles. The van der Waals surface area contributed by atoms with Gasteiger partial charge in [-0.3, -0.25) is 9.59 Å². The number of aromatic nitrogens is 2. The number of hydrogen-bond acceptors (Lipinski definition) is 4. The number of anilines is 1. The number of hydrogen-bond donors (Lipinski definition) is 3. The zero-order valence-electron chi connectivity index (χ0n) is 21.9. The molecule has 1 heterocycles. The first-order valence-corrected chi connectivity index (χ1v) is 13.9. The zero-order chi connectivity index (χ0) is 26.5. The predicted octanol–water partition coefficient (Wildman–Crippen LogP) is 6.05. The van der Waals surface area contributed by atoms with Crippen molar-refractivity contribution in [2.75, 3.05) is 12.4 Å². The number of carbonyl (C=O) groups excluding carboxylic acids is 2. The summed E-state index contributed by atoms with van der Waals surface area (Å²) in [5.74, 6) is 4.35.